The van der Waals surface area contributed by atoms with Gasteiger partial charge in [-0.25, -0.2) is 0 Å². The van der Waals surface area contributed by atoms with E-state index < -0.39 is 4.92 Å². The first kappa shape index (κ1) is 18.0. The number of nitro groups is 1. The first-order valence-corrected chi connectivity index (χ1v) is 9.25. The number of nitrogens with one attached hydrogen (secondary N) is 1. The summed E-state index contributed by atoms with van der Waals surface area (Å²) in [5.41, 5.74) is 1.31. The summed E-state index contributed by atoms with van der Waals surface area (Å²) in [5.74, 6) is -0.215. The van der Waals surface area contributed by atoms with Crippen LogP contribution in [0.2, 0.25) is 0 Å². The third-order valence-electron chi connectivity index (χ3n) is 3.45. The fourth-order valence-electron chi connectivity index (χ4n) is 2.16. The van der Waals surface area contributed by atoms with Crippen LogP contribution in [0.3, 0.4) is 0 Å². The van der Waals surface area contributed by atoms with E-state index in [-0.39, 0.29) is 11.5 Å². The van der Waals surface area contributed by atoms with Gasteiger partial charge in [0.1, 0.15) is 0 Å². The number of benzene rings is 2. The highest BCUT2D eigenvalue weighted by Crippen LogP contribution is 2.37. The third-order valence-corrected chi connectivity index (χ3v) is 5.45. The molecule has 132 valence electrons. The van der Waals surface area contributed by atoms with E-state index in [4.69, 9.17) is 0 Å². The van der Waals surface area contributed by atoms with Crippen LogP contribution in [0.5, 0.6) is 0 Å². The Morgan fingerprint density at radius 3 is 2.69 bits per heavy atom. The maximum atomic E-state index is 11.4. The molecular formula is C17H14N4O3S2. The monoisotopic (exact) mass is 386 g/mol. The number of carbonyl (C=O) groups excluding carboxylic acids is 1. The minimum Gasteiger partial charge on any atom is -0.356 e. The van der Waals surface area contributed by atoms with Crippen molar-refractivity contribution in [3.8, 4) is 0 Å². The van der Waals surface area contributed by atoms with Gasteiger partial charge >= 0.3 is 0 Å². The van der Waals surface area contributed by atoms with Gasteiger partial charge in [0, 0.05) is 18.2 Å². The summed E-state index contributed by atoms with van der Waals surface area (Å²) in [6, 6.07) is 14.3. The molecule has 1 heterocycles. The number of hydrogen-bond acceptors (Lipinski definition) is 8. The molecule has 0 aliphatic rings. The van der Waals surface area contributed by atoms with Crippen molar-refractivity contribution in [3.05, 3.63) is 69.8 Å². The van der Waals surface area contributed by atoms with Crippen LogP contribution in [0.25, 0.3) is 0 Å². The maximum absolute atomic E-state index is 11.4. The number of rotatable bonds is 7. The summed E-state index contributed by atoms with van der Waals surface area (Å²) in [4.78, 5) is 22.6. The van der Waals surface area contributed by atoms with Crippen molar-refractivity contribution in [2.45, 2.75) is 22.7 Å². The molecule has 7 nitrogen and oxygen atoms in total. The second kappa shape index (κ2) is 8.07. The lowest BCUT2D eigenvalue weighted by molar-refractivity contribution is -0.387. The summed E-state index contributed by atoms with van der Waals surface area (Å²) in [7, 11) is 0. The Morgan fingerprint density at radius 1 is 1.23 bits per heavy atom. The summed E-state index contributed by atoms with van der Waals surface area (Å²) in [5, 5.41) is 23.2. The zero-order valence-corrected chi connectivity index (χ0v) is 15.3. The number of aromatic nitrogens is 2. The second-order valence-electron chi connectivity index (χ2n) is 5.31. The van der Waals surface area contributed by atoms with E-state index in [9.17, 15) is 14.9 Å². The number of nitro benzene ring substituents is 1. The number of Topliss-reactive ketones (excluding diaryl/α,β-unsaturated/α-hetero) is 1. The fraction of sp³-hybridized carbons (Fsp3) is 0.118. The molecule has 0 unspecified atom stereocenters. The smallest absolute Gasteiger partial charge is 0.284 e. The number of carbonyl (C=O) groups is 1. The number of nitrogens with zero attached hydrogens (tertiary/aromatic N) is 3. The molecule has 9 heteroatoms. The highest BCUT2D eigenvalue weighted by Gasteiger charge is 2.19. The minimum absolute atomic E-state index is 0.114. The summed E-state index contributed by atoms with van der Waals surface area (Å²) in [6.07, 6.45) is 0. The van der Waals surface area contributed by atoms with Crippen molar-refractivity contribution in [2.75, 3.05) is 5.32 Å². The Labute approximate surface area is 157 Å². The van der Waals surface area contributed by atoms with Gasteiger partial charge in [0.05, 0.1) is 9.82 Å². The lowest BCUT2D eigenvalue weighted by atomic mass is 10.1. The molecule has 26 heavy (non-hydrogen) atoms. The van der Waals surface area contributed by atoms with Crippen LogP contribution in [0.15, 0.2) is 57.8 Å². The molecule has 0 bridgehead atoms. The zero-order valence-electron chi connectivity index (χ0n) is 13.7. The van der Waals surface area contributed by atoms with Gasteiger partial charge in [-0.1, -0.05) is 41.7 Å². The molecule has 0 aliphatic heterocycles. The van der Waals surface area contributed by atoms with E-state index >= 15 is 0 Å². The topological polar surface area (TPSA) is 98.0 Å². The lowest BCUT2D eigenvalue weighted by Crippen LogP contribution is -1.98. The molecule has 3 aromatic rings. The van der Waals surface area contributed by atoms with E-state index in [0.717, 1.165) is 17.3 Å². The molecule has 0 saturated carbocycles. The van der Waals surface area contributed by atoms with E-state index in [1.807, 2.05) is 30.3 Å². The normalized spacial score (nSPS) is 10.5. The quantitative estimate of drug-likeness (QED) is 0.365. The van der Waals surface area contributed by atoms with E-state index in [1.54, 1.807) is 12.1 Å². The van der Waals surface area contributed by atoms with Gasteiger partial charge in [0.15, 0.2) is 10.1 Å². The first-order chi connectivity index (χ1) is 12.5. The highest BCUT2D eigenvalue weighted by atomic mass is 32.2. The zero-order chi connectivity index (χ0) is 18.5. The Bertz CT molecular complexity index is 944. The molecule has 3 rings (SSSR count). The van der Waals surface area contributed by atoms with Gasteiger partial charge in [-0.2, -0.15) is 0 Å². The molecule has 0 saturated heterocycles. The predicted octanol–water partition coefficient (Wildman–Crippen LogP) is 4.41. The molecule has 2 aromatic carbocycles. The molecule has 0 radical (unpaired) electrons. The summed E-state index contributed by atoms with van der Waals surface area (Å²) >= 11 is 2.48. The molecule has 0 atom stereocenters. The van der Waals surface area contributed by atoms with Crippen LogP contribution >= 0.6 is 23.1 Å². The largest absolute Gasteiger partial charge is 0.356 e. The minimum atomic E-state index is -0.496. The lowest BCUT2D eigenvalue weighted by Gasteiger charge is -2.02. The molecule has 0 fully saturated rings. The van der Waals surface area contributed by atoms with Crippen LogP contribution < -0.4 is 5.32 Å². The fourth-order valence-corrected chi connectivity index (χ4v) is 3.95. The SMILES string of the molecule is CC(=O)c1ccc(Sc2nnc(NCc3ccccc3)s2)c([N+](=O)[O-])c1. The highest BCUT2D eigenvalue weighted by molar-refractivity contribution is 8.01. The van der Waals surface area contributed by atoms with Crippen molar-refractivity contribution in [2.24, 2.45) is 0 Å². The van der Waals surface area contributed by atoms with Crippen molar-refractivity contribution >= 4 is 39.7 Å². The van der Waals surface area contributed by atoms with Gasteiger partial charge in [-0.05, 0) is 36.4 Å². The second-order valence-corrected chi connectivity index (χ2v) is 7.58. The molecule has 0 spiro atoms. The summed E-state index contributed by atoms with van der Waals surface area (Å²) < 4.78 is 0.583. The van der Waals surface area contributed by atoms with Crippen molar-refractivity contribution in [1.82, 2.24) is 10.2 Å². The van der Waals surface area contributed by atoms with Gasteiger partial charge in [-0.15, -0.1) is 10.2 Å². The maximum Gasteiger partial charge on any atom is 0.284 e. The number of ketones is 1. The summed E-state index contributed by atoms with van der Waals surface area (Å²) in [6.45, 7) is 1.99. The van der Waals surface area contributed by atoms with Crippen LogP contribution in [-0.2, 0) is 6.54 Å². The molecule has 0 aliphatic carbocycles. The number of hydrogen-bond donors (Lipinski definition) is 1. The average molecular weight is 386 g/mol. The number of anilines is 1. The molecular weight excluding hydrogens is 372 g/mol. The van der Waals surface area contributed by atoms with Gasteiger partial charge < -0.3 is 5.32 Å². The van der Waals surface area contributed by atoms with Crippen molar-refractivity contribution in [1.29, 1.82) is 0 Å². The van der Waals surface area contributed by atoms with E-state index in [2.05, 4.69) is 15.5 Å². The standard InChI is InChI=1S/C17H14N4O3S2/c1-11(22)13-7-8-15(14(9-13)21(23)24)25-17-20-19-16(26-17)18-10-12-5-3-2-4-6-12/h2-9H,10H2,1H3,(H,18,19). The first-order valence-electron chi connectivity index (χ1n) is 7.61. The molecule has 1 aromatic heterocycles. The van der Waals surface area contributed by atoms with E-state index in [1.165, 1.54) is 24.3 Å². The van der Waals surface area contributed by atoms with E-state index in [0.29, 0.717) is 26.5 Å². The van der Waals surface area contributed by atoms with Gasteiger partial charge in [-0.3, -0.25) is 14.9 Å². The Morgan fingerprint density at radius 2 is 2.00 bits per heavy atom. The Kier molecular flexibility index (Phi) is 5.59. The van der Waals surface area contributed by atoms with Gasteiger partial charge in [0.2, 0.25) is 5.13 Å². The van der Waals surface area contributed by atoms with Crippen LogP contribution in [0.1, 0.15) is 22.8 Å². The van der Waals surface area contributed by atoms with Crippen molar-refractivity contribution < 1.29 is 9.72 Å². The third kappa shape index (κ3) is 4.44. The van der Waals surface area contributed by atoms with Crippen LogP contribution in [0, 0.1) is 10.1 Å². The van der Waals surface area contributed by atoms with Crippen LogP contribution in [-0.4, -0.2) is 20.9 Å². The molecule has 1 N–H and O–H groups in total. The van der Waals surface area contributed by atoms with Crippen LogP contribution in [0.4, 0.5) is 10.8 Å². The predicted molar refractivity (Wildman–Crippen MR) is 101 cm³/mol. The molecule has 0 amide bonds. The Hall–Kier alpha value is -2.78. The van der Waals surface area contributed by atoms with Gasteiger partial charge in [0.25, 0.3) is 5.69 Å². The Balaban J connectivity index is 1.72. The average Bonchev–Trinajstić information content (AvgIpc) is 3.08. The van der Waals surface area contributed by atoms with Crippen molar-refractivity contribution in [3.63, 3.8) is 0 Å².